The topological polar surface area (TPSA) is 89.0 Å². The summed E-state index contributed by atoms with van der Waals surface area (Å²) in [6.07, 6.45) is 6.63. The lowest BCUT2D eigenvalue weighted by atomic mass is 10.1. The van der Waals surface area contributed by atoms with E-state index in [-0.39, 0.29) is 24.8 Å². The molecule has 1 unspecified atom stereocenters. The van der Waals surface area contributed by atoms with Crippen LogP contribution in [0.2, 0.25) is 0 Å². The van der Waals surface area contributed by atoms with Gasteiger partial charge in [0.25, 0.3) is 0 Å². The Morgan fingerprint density at radius 3 is 2.54 bits per heavy atom. The Bertz CT molecular complexity index is 1320. The molecule has 2 amide bonds. The summed E-state index contributed by atoms with van der Waals surface area (Å²) in [5.41, 5.74) is 3.00. The van der Waals surface area contributed by atoms with E-state index in [0.717, 1.165) is 30.4 Å². The summed E-state index contributed by atoms with van der Waals surface area (Å²) in [7, 11) is 0. The number of hydrogen-bond acceptors (Lipinski definition) is 5. The van der Waals surface area contributed by atoms with Crippen LogP contribution in [0.3, 0.4) is 0 Å². The number of anilines is 1. The van der Waals surface area contributed by atoms with Crippen LogP contribution in [0, 0.1) is 12.7 Å². The molecule has 4 rings (SSSR count). The van der Waals surface area contributed by atoms with E-state index in [9.17, 15) is 14.0 Å². The lowest BCUT2D eigenvalue weighted by Crippen LogP contribution is -2.46. The molecule has 0 saturated carbocycles. The van der Waals surface area contributed by atoms with Crippen molar-refractivity contribution >= 4 is 23.7 Å². The molecular weight excluding hydrogens is 497 g/mol. The fraction of sp³-hybridized carbons (Fsp3) is 0.258. The third-order valence-electron chi connectivity index (χ3n) is 6.07. The number of carbonyl (C=O) groups is 2. The average molecular weight is 530 g/mol. The standard InChI is InChI=1S/C31H32FN3O4/c1-22-18-27(39-26-13-11-24(32)12-14-26)15-16-28(22)35-31(37)29(21-38-20-23-8-4-2-5-9-23)34-30(36)19-25-10-6-3-7-17-33-25/h2,4-5,8-18,29H,3,6-7,19-21H2,1H3,(H,34,36)(H,35,37). The smallest absolute Gasteiger partial charge is 0.249 e. The van der Waals surface area contributed by atoms with Gasteiger partial charge in [-0.25, -0.2) is 4.39 Å². The van der Waals surface area contributed by atoms with Gasteiger partial charge in [0.05, 0.1) is 19.6 Å². The van der Waals surface area contributed by atoms with Crippen molar-refractivity contribution in [1.82, 2.24) is 5.32 Å². The molecule has 0 saturated heterocycles. The molecule has 0 aliphatic carbocycles. The highest BCUT2D eigenvalue weighted by Gasteiger charge is 2.23. The van der Waals surface area contributed by atoms with E-state index in [1.54, 1.807) is 30.3 Å². The fourth-order valence-corrected chi connectivity index (χ4v) is 3.99. The van der Waals surface area contributed by atoms with Gasteiger partial charge in [0, 0.05) is 17.6 Å². The number of ether oxygens (including phenoxy) is 2. The molecule has 2 N–H and O–H groups in total. The van der Waals surface area contributed by atoms with Crippen LogP contribution in [0.1, 0.15) is 36.8 Å². The van der Waals surface area contributed by atoms with Gasteiger partial charge in [-0.15, -0.1) is 0 Å². The molecule has 0 fully saturated rings. The van der Waals surface area contributed by atoms with Crippen molar-refractivity contribution < 1.29 is 23.5 Å². The average Bonchev–Trinajstić information content (AvgIpc) is 3.20. The second-order valence-corrected chi connectivity index (χ2v) is 9.26. The Labute approximate surface area is 227 Å². The van der Waals surface area contributed by atoms with E-state index in [1.165, 1.54) is 12.1 Å². The number of hydrogen-bond donors (Lipinski definition) is 2. The van der Waals surface area contributed by atoms with E-state index >= 15 is 0 Å². The second-order valence-electron chi connectivity index (χ2n) is 9.26. The second kappa shape index (κ2) is 14.0. The maximum Gasteiger partial charge on any atom is 0.249 e. The summed E-state index contributed by atoms with van der Waals surface area (Å²) >= 11 is 0. The molecule has 1 heterocycles. The van der Waals surface area contributed by atoms with Crippen molar-refractivity contribution in [2.75, 3.05) is 11.9 Å². The number of allylic oxidation sites excluding steroid dienone is 1. The predicted octanol–water partition coefficient (Wildman–Crippen LogP) is 6.10. The molecule has 0 aromatic heterocycles. The first-order chi connectivity index (χ1) is 19.0. The SMILES string of the molecule is Cc1cc(Oc2ccc(F)cc2)ccc1NC(=O)C(COCc1ccccc1)NC(=O)CC1=CCCCC=N1. The molecular formula is C31H32FN3O4. The third kappa shape index (κ3) is 8.90. The van der Waals surface area contributed by atoms with Gasteiger partial charge in [0.2, 0.25) is 11.8 Å². The van der Waals surface area contributed by atoms with Crippen LogP contribution in [-0.2, 0) is 20.9 Å². The summed E-state index contributed by atoms with van der Waals surface area (Å²) in [5, 5.41) is 5.71. The van der Waals surface area contributed by atoms with Crippen LogP contribution in [0.25, 0.3) is 0 Å². The zero-order valence-electron chi connectivity index (χ0n) is 21.9. The van der Waals surface area contributed by atoms with E-state index in [2.05, 4.69) is 15.6 Å². The van der Waals surface area contributed by atoms with Crippen molar-refractivity contribution in [2.45, 2.75) is 45.3 Å². The minimum Gasteiger partial charge on any atom is -0.457 e. The highest BCUT2D eigenvalue weighted by Crippen LogP contribution is 2.26. The summed E-state index contributed by atoms with van der Waals surface area (Å²) in [6, 6.07) is 19.6. The van der Waals surface area contributed by atoms with Crippen LogP contribution < -0.4 is 15.4 Å². The van der Waals surface area contributed by atoms with E-state index in [4.69, 9.17) is 9.47 Å². The van der Waals surface area contributed by atoms with Gasteiger partial charge in [0.1, 0.15) is 23.4 Å². The van der Waals surface area contributed by atoms with Crippen LogP contribution in [0.5, 0.6) is 11.5 Å². The molecule has 0 bridgehead atoms. The Balaban J connectivity index is 1.41. The highest BCUT2D eigenvalue weighted by molar-refractivity contribution is 5.98. The molecule has 202 valence electrons. The number of nitrogens with one attached hydrogen (secondary N) is 2. The Hall–Kier alpha value is -4.30. The quantitative estimate of drug-likeness (QED) is 0.314. The van der Waals surface area contributed by atoms with Crippen molar-refractivity contribution in [3.63, 3.8) is 0 Å². The number of aryl methyl sites for hydroxylation is 1. The van der Waals surface area contributed by atoms with E-state index < -0.39 is 11.9 Å². The Morgan fingerprint density at radius 1 is 1.00 bits per heavy atom. The maximum absolute atomic E-state index is 13.3. The van der Waals surface area contributed by atoms with Gasteiger partial charge in [-0.05, 0) is 79.8 Å². The molecule has 8 heteroatoms. The molecule has 1 aliphatic heterocycles. The number of rotatable bonds is 11. The zero-order valence-corrected chi connectivity index (χ0v) is 21.9. The molecule has 1 atom stereocenters. The minimum absolute atomic E-state index is 0.000405. The monoisotopic (exact) mass is 529 g/mol. The molecule has 1 aliphatic rings. The molecule has 0 radical (unpaired) electrons. The summed E-state index contributed by atoms with van der Waals surface area (Å²) in [5.74, 6) is 0.00250. The lowest BCUT2D eigenvalue weighted by molar-refractivity contribution is -0.127. The van der Waals surface area contributed by atoms with Crippen LogP contribution in [-0.4, -0.2) is 30.7 Å². The van der Waals surface area contributed by atoms with Crippen LogP contribution in [0.15, 0.2) is 89.6 Å². The highest BCUT2D eigenvalue weighted by atomic mass is 19.1. The molecule has 0 spiro atoms. The third-order valence-corrected chi connectivity index (χ3v) is 6.07. The number of carbonyl (C=O) groups excluding carboxylic acids is 2. The first-order valence-electron chi connectivity index (χ1n) is 12.9. The van der Waals surface area contributed by atoms with Crippen LogP contribution >= 0.6 is 0 Å². The van der Waals surface area contributed by atoms with Gasteiger partial charge in [0.15, 0.2) is 0 Å². The van der Waals surface area contributed by atoms with Crippen molar-refractivity contribution in [3.8, 4) is 11.5 Å². The predicted molar refractivity (Wildman–Crippen MR) is 149 cm³/mol. The number of benzene rings is 3. The Kier molecular flexibility index (Phi) is 9.97. The number of aliphatic imine (C=N–C) groups is 1. The van der Waals surface area contributed by atoms with Crippen LogP contribution in [0.4, 0.5) is 10.1 Å². The van der Waals surface area contributed by atoms with E-state index in [0.29, 0.717) is 29.5 Å². The molecule has 7 nitrogen and oxygen atoms in total. The summed E-state index contributed by atoms with van der Waals surface area (Å²) < 4.78 is 24.8. The number of nitrogens with zero attached hydrogens (tertiary/aromatic N) is 1. The first-order valence-corrected chi connectivity index (χ1v) is 12.9. The first kappa shape index (κ1) is 27.7. The summed E-state index contributed by atoms with van der Waals surface area (Å²) in [4.78, 5) is 30.5. The summed E-state index contributed by atoms with van der Waals surface area (Å²) in [6.45, 7) is 2.15. The number of halogens is 1. The van der Waals surface area contributed by atoms with Crippen molar-refractivity contribution in [2.24, 2.45) is 4.99 Å². The van der Waals surface area contributed by atoms with Crippen molar-refractivity contribution in [3.05, 3.63) is 102 Å². The van der Waals surface area contributed by atoms with Gasteiger partial charge >= 0.3 is 0 Å². The number of amides is 2. The van der Waals surface area contributed by atoms with Gasteiger partial charge in [-0.2, -0.15) is 0 Å². The van der Waals surface area contributed by atoms with Gasteiger partial charge in [-0.1, -0.05) is 36.4 Å². The maximum atomic E-state index is 13.3. The largest absolute Gasteiger partial charge is 0.457 e. The Morgan fingerprint density at radius 2 is 1.77 bits per heavy atom. The minimum atomic E-state index is -0.911. The molecule has 39 heavy (non-hydrogen) atoms. The lowest BCUT2D eigenvalue weighted by Gasteiger charge is -2.20. The van der Waals surface area contributed by atoms with Gasteiger partial charge in [-0.3, -0.25) is 14.6 Å². The normalized spacial score (nSPS) is 13.6. The zero-order chi connectivity index (χ0) is 27.5. The van der Waals surface area contributed by atoms with Gasteiger partial charge < -0.3 is 20.1 Å². The molecule has 3 aromatic carbocycles. The van der Waals surface area contributed by atoms with E-state index in [1.807, 2.05) is 49.5 Å². The van der Waals surface area contributed by atoms with Crippen molar-refractivity contribution in [1.29, 1.82) is 0 Å². The molecule has 3 aromatic rings. The fourth-order valence-electron chi connectivity index (χ4n) is 3.99.